The summed E-state index contributed by atoms with van der Waals surface area (Å²) < 4.78 is 6.34. The Morgan fingerprint density at radius 3 is 1.73 bits per heavy atom. The second-order valence-corrected chi connectivity index (χ2v) is 14.1. The quantitative estimate of drug-likeness (QED) is 0.194. The Morgan fingerprint density at radius 1 is 0.634 bits per heavy atom. The van der Waals surface area contributed by atoms with Crippen molar-refractivity contribution in [3.63, 3.8) is 0 Å². The van der Waals surface area contributed by atoms with Crippen LogP contribution in [0.2, 0.25) is 0 Å². The van der Waals surface area contributed by atoms with Gasteiger partial charge >= 0.3 is 0 Å². The van der Waals surface area contributed by atoms with Gasteiger partial charge in [-0.05, 0) is 97.1 Å². The topological polar surface area (TPSA) is 12.5 Å². The number of ether oxygens (including phenoxy) is 1. The molecule has 2 fully saturated rings. The molecule has 0 aromatic heterocycles. The number of fused-ring (bicyclic) bond motifs is 1. The maximum Gasteiger partial charge on any atom is 0.121 e. The molecule has 41 heavy (non-hydrogen) atoms. The predicted octanol–water partition coefficient (Wildman–Crippen LogP) is 11.8. The first-order valence-electron chi connectivity index (χ1n) is 15.7. The van der Waals surface area contributed by atoms with Crippen molar-refractivity contribution in [3.8, 4) is 0 Å². The maximum atomic E-state index is 6.34. The maximum absolute atomic E-state index is 6.34. The van der Waals surface area contributed by atoms with Crippen LogP contribution in [0.1, 0.15) is 108 Å². The SMILES string of the molecule is CC1=C(/C=C/C(C)=C/C=C/C(C)=C/C=C/C=C(C)/C=C/C=C(C)/C=C/[C@@]23O[C@]2(C)CCCC3(C)C)C(C)(C)CCC1. The van der Waals surface area contributed by atoms with Crippen LogP contribution in [-0.4, -0.2) is 11.2 Å². The molecule has 222 valence electrons. The van der Waals surface area contributed by atoms with Gasteiger partial charge in [-0.2, -0.15) is 0 Å². The Morgan fingerprint density at radius 2 is 1.17 bits per heavy atom. The van der Waals surface area contributed by atoms with E-state index < -0.39 is 0 Å². The summed E-state index contributed by atoms with van der Waals surface area (Å²) in [7, 11) is 0. The van der Waals surface area contributed by atoms with Gasteiger partial charge in [0.15, 0.2) is 0 Å². The molecule has 1 aliphatic heterocycles. The zero-order valence-corrected chi connectivity index (χ0v) is 27.7. The lowest BCUT2D eigenvalue weighted by Gasteiger charge is -2.36. The van der Waals surface area contributed by atoms with Crippen molar-refractivity contribution in [2.75, 3.05) is 0 Å². The standard InChI is InChI=1S/C40H56O/c1-31(19-13-21-33(3)24-25-36-35(5)23-15-27-37(36,6)7)17-11-12-18-32(2)20-14-22-34(4)26-30-40-38(8,9)28-16-29-39(40,10)41-40/h11-14,17-22,24-26,30H,15-16,23,27-29H2,1-10H3/b12-11+,19-13+,20-14+,25-24+,30-26+,31-17+,32-18+,33-21+,34-22+/t39-,40+/m1/s1. The van der Waals surface area contributed by atoms with Crippen molar-refractivity contribution < 1.29 is 4.74 Å². The fourth-order valence-electron chi connectivity index (χ4n) is 6.72. The summed E-state index contributed by atoms with van der Waals surface area (Å²) in [5.41, 5.74) is 8.42. The molecule has 0 aromatic rings. The van der Waals surface area contributed by atoms with Crippen LogP contribution in [0.4, 0.5) is 0 Å². The van der Waals surface area contributed by atoms with Gasteiger partial charge in [0.2, 0.25) is 0 Å². The van der Waals surface area contributed by atoms with Gasteiger partial charge in [0.1, 0.15) is 5.60 Å². The summed E-state index contributed by atoms with van der Waals surface area (Å²) in [6.07, 6.45) is 38.1. The molecule has 2 aliphatic carbocycles. The number of rotatable bonds is 10. The Balaban J connectivity index is 1.49. The van der Waals surface area contributed by atoms with Gasteiger partial charge in [-0.25, -0.2) is 0 Å². The Labute approximate surface area is 252 Å². The summed E-state index contributed by atoms with van der Waals surface area (Å²) in [5.74, 6) is 0. The van der Waals surface area contributed by atoms with Crippen LogP contribution in [0.5, 0.6) is 0 Å². The molecule has 0 spiro atoms. The van der Waals surface area contributed by atoms with E-state index in [0.717, 1.165) is 6.42 Å². The minimum atomic E-state index is -0.103. The van der Waals surface area contributed by atoms with E-state index in [9.17, 15) is 0 Å². The van der Waals surface area contributed by atoms with Crippen LogP contribution in [0.15, 0.2) is 119 Å². The van der Waals surface area contributed by atoms with E-state index in [1.54, 1.807) is 5.57 Å². The molecule has 1 heterocycles. The van der Waals surface area contributed by atoms with Gasteiger partial charge in [-0.3, -0.25) is 0 Å². The average Bonchev–Trinajstić information content (AvgIpc) is 3.52. The minimum Gasteiger partial charge on any atom is -0.358 e. The van der Waals surface area contributed by atoms with Crippen molar-refractivity contribution >= 4 is 0 Å². The first kappa shape index (κ1) is 32.9. The van der Waals surface area contributed by atoms with E-state index in [4.69, 9.17) is 4.74 Å². The van der Waals surface area contributed by atoms with E-state index in [-0.39, 0.29) is 22.0 Å². The van der Waals surface area contributed by atoms with Gasteiger partial charge in [-0.15, -0.1) is 0 Å². The lowest BCUT2D eigenvalue weighted by Crippen LogP contribution is -2.41. The minimum absolute atomic E-state index is 0.0197. The predicted molar refractivity (Wildman–Crippen MR) is 181 cm³/mol. The van der Waals surface area contributed by atoms with Crippen molar-refractivity contribution in [2.45, 2.75) is 119 Å². The monoisotopic (exact) mass is 552 g/mol. The molecular weight excluding hydrogens is 496 g/mol. The highest BCUT2D eigenvalue weighted by Crippen LogP contribution is 2.66. The molecule has 0 unspecified atom stereocenters. The van der Waals surface area contributed by atoms with E-state index in [1.807, 2.05) is 0 Å². The van der Waals surface area contributed by atoms with E-state index in [1.165, 1.54) is 60.0 Å². The zero-order chi connectivity index (χ0) is 30.3. The van der Waals surface area contributed by atoms with Gasteiger partial charge in [0.25, 0.3) is 0 Å². The largest absolute Gasteiger partial charge is 0.358 e. The van der Waals surface area contributed by atoms with E-state index >= 15 is 0 Å². The van der Waals surface area contributed by atoms with Crippen LogP contribution in [-0.2, 0) is 4.74 Å². The molecule has 1 saturated carbocycles. The van der Waals surface area contributed by atoms with Crippen LogP contribution >= 0.6 is 0 Å². The highest BCUT2D eigenvalue weighted by atomic mass is 16.6. The smallest absolute Gasteiger partial charge is 0.121 e. The van der Waals surface area contributed by atoms with E-state index in [0.29, 0.717) is 0 Å². The number of hydrogen-bond acceptors (Lipinski definition) is 1. The molecule has 1 saturated heterocycles. The third-order valence-corrected chi connectivity index (χ3v) is 9.49. The van der Waals surface area contributed by atoms with Crippen LogP contribution in [0, 0.1) is 10.8 Å². The number of allylic oxidation sites excluding steroid dienone is 19. The van der Waals surface area contributed by atoms with Crippen LogP contribution in [0.25, 0.3) is 0 Å². The molecule has 0 radical (unpaired) electrons. The van der Waals surface area contributed by atoms with Crippen molar-refractivity contribution in [3.05, 3.63) is 119 Å². The Hall–Kier alpha value is -2.64. The van der Waals surface area contributed by atoms with Crippen molar-refractivity contribution in [2.24, 2.45) is 10.8 Å². The molecule has 2 atom stereocenters. The Bertz CT molecular complexity index is 1260. The van der Waals surface area contributed by atoms with Gasteiger partial charge < -0.3 is 4.74 Å². The molecule has 0 N–H and O–H groups in total. The number of epoxide rings is 1. The second kappa shape index (κ2) is 13.6. The molecule has 1 nitrogen and oxygen atoms in total. The molecular formula is C40H56O. The van der Waals surface area contributed by atoms with Gasteiger partial charge in [0, 0.05) is 5.41 Å². The second-order valence-electron chi connectivity index (χ2n) is 14.1. The van der Waals surface area contributed by atoms with Gasteiger partial charge in [-0.1, -0.05) is 135 Å². The highest BCUT2D eigenvalue weighted by Gasteiger charge is 2.73. The summed E-state index contributed by atoms with van der Waals surface area (Å²) in [6, 6.07) is 0. The fourth-order valence-corrected chi connectivity index (χ4v) is 6.72. The summed E-state index contributed by atoms with van der Waals surface area (Å²) in [5, 5.41) is 0. The molecule has 0 bridgehead atoms. The molecule has 3 aliphatic rings. The number of hydrogen-bond donors (Lipinski definition) is 0. The molecule has 0 aromatic carbocycles. The fraction of sp³-hybridized carbons (Fsp3) is 0.500. The summed E-state index contributed by atoms with van der Waals surface area (Å²) in [4.78, 5) is 0. The lowest BCUT2D eigenvalue weighted by molar-refractivity contribution is 0.166. The average molecular weight is 553 g/mol. The van der Waals surface area contributed by atoms with Crippen LogP contribution in [0.3, 0.4) is 0 Å². The third-order valence-electron chi connectivity index (χ3n) is 9.49. The zero-order valence-electron chi connectivity index (χ0n) is 27.7. The van der Waals surface area contributed by atoms with E-state index in [2.05, 4.69) is 154 Å². The molecule has 0 amide bonds. The normalized spacial score (nSPS) is 29.6. The first-order valence-corrected chi connectivity index (χ1v) is 15.7. The van der Waals surface area contributed by atoms with Crippen molar-refractivity contribution in [1.82, 2.24) is 0 Å². The molecule has 1 heteroatoms. The summed E-state index contributed by atoms with van der Waals surface area (Å²) >= 11 is 0. The van der Waals surface area contributed by atoms with Crippen LogP contribution < -0.4 is 0 Å². The summed E-state index contributed by atoms with van der Waals surface area (Å²) in [6.45, 7) is 22.6. The highest BCUT2D eigenvalue weighted by molar-refractivity contribution is 5.38. The Kier molecular flexibility index (Phi) is 10.9. The first-order chi connectivity index (χ1) is 19.2. The van der Waals surface area contributed by atoms with Gasteiger partial charge in [0.05, 0.1) is 5.60 Å². The third kappa shape index (κ3) is 8.45. The molecule has 3 rings (SSSR count). The van der Waals surface area contributed by atoms with Crippen molar-refractivity contribution in [1.29, 1.82) is 0 Å². The lowest BCUT2D eigenvalue weighted by atomic mass is 9.64.